The Morgan fingerprint density at radius 2 is 2.00 bits per heavy atom. The lowest BCUT2D eigenvalue weighted by molar-refractivity contribution is 0.0320. The number of anilines is 1. The molecule has 0 spiro atoms. The largest absolute Gasteiger partial charge is 0.476 e. The van der Waals surface area contributed by atoms with Gasteiger partial charge in [-0.05, 0) is 35.6 Å². The zero-order valence-corrected chi connectivity index (χ0v) is 17.3. The van der Waals surface area contributed by atoms with E-state index in [1.54, 1.807) is 18.3 Å². The van der Waals surface area contributed by atoms with Crippen molar-refractivity contribution in [2.45, 2.75) is 26.2 Å². The maximum Gasteiger partial charge on any atom is 0.259 e. The van der Waals surface area contributed by atoms with E-state index in [1.165, 1.54) is 11.1 Å². The smallest absolute Gasteiger partial charge is 0.259 e. The van der Waals surface area contributed by atoms with Crippen molar-refractivity contribution in [1.82, 2.24) is 9.88 Å². The maximum absolute atomic E-state index is 13.0. The summed E-state index contributed by atoms with van der Waals surface area (Å²) in [4.78, 5) is 21.5. The van der Waals surface area contributed by atoms with Gasteiger partial charge in [-0.2, -0.15) is 0 Å². The number of carbonyl (C=O) groups is 1. The lowest BCUT2D eigenvalue weighted by Gasteiger charge is -2.26. The van der Waals surface area contributed by atoms with Crippen molar-refractivity contribution in [2.24, 2.45) is 0 Å². The van der Waals surface area contributed by atoms with Crippen LogP contribution in [0.2, 0.25) is 0 Å². The molecule has 0 atom stereocenters. The molecule has 154 valence electrons. The number of rotatable bonds is 6. The lowest BCUT2D eigenvalue weighted by atomic mass is 10.00. The quantitative estimate of drug-likeness (QED) is 0.752. The molecule has 0 radical (unpaired) electrons. The highest BCUT2D eigenvalue weighted by Gasteiger charge is 2.26. The van der Waals surface area contributed by atoms with Gasteiger partial charge in [-0.1, -0.05) is 26.0 Å². The van der Waals surface area contributed by atoms with Crippen LogP contribution in [-0.4, -0.2) is 61.8 Å². The van der Waals surface area contributed by atoms with E-state index in [0.29, 0.717) is 30.5 Å². The Bertz CT molecular complexity index is 845. The molecule has 2 aliphatic rings. The number of ether oxygens (including phenoxy) is 2. The SMILES string of the molecule is CC(C)c1ccc2c(c1)CCN2C(=O)c1ccc(OCCN2CCOCC2)nc1. The molecule has 1 saturated heterocycles. The minimum absolute atomic E-state index is 0.00610. The number of hydrogen-bond donors (Lipinski definition) is 0. The van der Waals surface area contributed by atoms with Crippen LogP contribution in [0.1, 0.15) is 41.3 Å². The fourth-order valence-electron chi connectivity index (χ4n) is 3.84. The van der Waals surface area contributed by atoms with E-state index >= 15 is 0 Å². The molecule has 1 fully saturated rings. The number of amides is 1. The average molecular weight is 396 g/mol. The Labute approximate surface area is 172 Å². The van der Waals surface area contributed by atoms with Gasteiger partial charge in [0.1, 0.15) is 6.61 Å². The number of aromatic nitrogens is 1. The van der Waals surface area contributed by atoms with Gasteiger partial charge in [0.05, 0.1) is 18.8 Å². The standard InChI is InChI=1S/C23H29N3O3/c1-17(2)18-3-5-21-19(15-18)7-8-26(21)23(27)20-4-6-22(24-16-20)29-14-11-25-9-12-28-13-10-25/h3-6,15-17H,7-14H2,1-2H3. The summed E-state index contributed by atoms with van der Waals surface area (Å²) in [5.74, 6) is 1.04. The zero-order chi connectivity index (χ0) is 20.2. The monoisotopic (exact) mass is 395 g/mol. The number of nitrogens with zero attached hydrogens (tertiary/aromatic N) is 3. The van der Waals surface area contributed by atoms with Gasteiger partial charge in [-0.15, -0.1) is 0 Å². The maximum atomic E-state index is 13.0. The minimum Gasteiger partial charge on any atom is -0.476 e. The summed E-state index contributed by atoms with van der Waals surface area (Å²) >= 11 is 0. The summed E-state index contributed by atoms with van der Waals surface area (Å²) in [5.41, 5.74) is 4.18. The van der Waals surface area contributed by atoms with Gasteiger partial charge < -0.3 is 14.4 Å². The van der Waals surface area contributed by atoms with Crippen molar-refractivity contribution < 1.29 is 14.3 Å². The van der Waals surface area contributed by atoms with Crippen molar-refractivity contribution in [3.05, 3.63) is 53.2 Å². The normalized spacial score (nSPS) is 16.9. The van der Waals surface area contributed by atoms with Gasteiger partial charge >= 0.3 is 0 Å². The van der Waals surface area contributed by atoms with Gasteiger partial charge in [0.25, 0.3) is 5.91 Å². The van der Waals surface area contributed by atoms with Gasteiger partial charge in [-0.25, -0.2) is 4.98 Å². The first-order chi connectivity index (χ1) is 14.1. The van der Waals surface area contributed by atoms with Crippen molar-refractivity contribution in [2.75, 3.05) is 50.9 Å². The molecule has 2 aliphatic heterocycles. The molecule has 29 heavy (non-hydrogen) atoms. The fraction of sp³-hybridized carbons (Fsp3) is 0.478. The molecule has 0 bridgehead atoms. The second kappa shape index (κ2) is 8.93. The van der Waals surface area contributed by atoms with Crippen molar-refractivity contribution in [1.29, 1.82) is 0 Å². The molecule has 4 rings (SSSR count). The molecule has 0 N–H and O–H groups in total. The van der Waals surface area contributed by atoms with E-state index in [2.05, 4.69) is 41.9 Å². The molecule has 1 amide bonds. The lowest BCUT2D eigenvalue weighted by Crippen LogP contribution is -2.38. The second-order valence-electron chi connectivity index (χ2n) is 7.94. The first-order valence-corrected chi connectivity index (χ1v) is 10.5. The molecular weight excluding hydrogens is 366 g/mol. The summed E-state index contributed by atoms with van der Waals surface area (Å²) in [7, 11) is 0. The number of carbonyl (C=O) groups excluding carboxylic acids is 1. The van der Waals surface area contributed by atoms with Crippen LogP contribution < -0.4 is 9.64 Å². The van der Waals surface area contributed by atoms with Crippen LogP contribution in [0, 0.1) is 0 Å². The summed E-state index contributed by atoms with van der Waals surface area (Å²) in [6, 6.07) is 10.0. The van der Waals surface area contributed by atoms with Crippen LogP contribution >= 0.6 is 0 Å². The summed E-state index contributed by atoms with van der Waals surface area (Å²) in [6.07, 6.45) is 2.52. The number of benzene rings is 1. The minimum atomic E-state index is -0.00610. The Morgan fingerprint density at radius 1 is 1.17 bits per heavy atom. The summed E-state index contributed by atoms with van der Waals surface area (Å²) in [6.45, 7) is 9.99. The third kappa shape index (κ3) is 4.60. The molecule has 0 unspecified atom stereocenters. The first-order valence-electron chi connectivity index (χ1n) is 10.5. The predicted molar refractivity (Wildman–Crippen MR) is 113 cm³/mol. The Hall–Kier alpha value is -2.44. The topological polar surface area (TPSA) is 54.9 Å². The second-order valence-corrected chi connectivity index (χ2v) is 7.94. The molecule has 2 aromatic rings. The Morgan fingerprint density at radius 3 is 2.72 bits per heavy atom. The molecule has 6 nitrogen and oxygen atoms in total. The van der Waals surface area contributed by atoms with Crippen LogP contribution in [0.3, 0.4) is 0 Å². The predicted octanol–water partition coefficient (Wildman–Crippen LogP) is 3.12. The average Bonchev–Trinajstić information content (AvgIpc) is 3.18. The van der Waals surface area contributed by atoms with E-state index < -0.39 is 0 Å². The van der Waals surface area contributed by atoms with Crippen molar-refractivity contribution in [3.8, 4) is 5.88 Å². The third-order valence-corrected chi connectivity index (χ3v) is 5.66. The van der Waals surface area contributed by atoms with E-state index in [4.69, 9.17) is 9.47 Å². The van der Waals surface area contributed by atoms with Gasteiger partial charge in [0.15, 0.2) is 0 Å². The summed E-state index contributed by atoms with van der Waals surface area (Å²) < 4.78 is 11.1. The van der Waals surface area contributed by atoms with Crippen LogP contribution in [0.15, 0.2) is 36.5 Å². The number of fused-ring (bicyclic) bond motifs is 1. The number of morpholine rings is 1. The molecule has 0 aliphatic carbocycles. The van der Waals surface area contributed by atoms with E-state index in [1.807, 2.05) is 4.90 Å². The van der Waals surface area contributed by atoms with Gasteiger partial charge in [0.2, 0.25) is 5.88 Å². The highest BCUT2D eigenvalue weighted by atomic mass is 16.5. The molecular formula is C23H29N3O3. The van der Waals surface area contributed by atoms with E-state index in [0.717, 1.165) is 45.0 Å². The fourth-order valence-corrected chi connectivity index (χ4v) is 3.84. The van der Waals surface area contributed by atoms with Crippen LogP contribution in [0.25, 0.3) is 0 Å². The van der Waals surface area contributed by atoms with Crippen LogP contribution in [0.5, 0.6) is 5.88 Å². The molecule has 6 heteroatoms. The third-order valence-electron chi connectivity index (χ3n) is 5.66. The molecule has 0 saturated carbocycles. The highest BCUT2D eigenvalue weighted by Crippen LogP contribution is 2.32. The van der Waals surface area contributed by atoms with Crippen molar-refractivity contribution >= 4 is 11.6 Å². The zero-order valence-electron chi connectivity index (χ0n) is 17.3. The Kier molecular flexibility index (Phi) is 6.11. The van der Waals surface area contributed by atoms with E-state index in [-0.39, 0.29) is 5.91 Å². The molecule has 1 aromatic carbocycles. The highest BCUT2D eigenvalue weighted by molar-refractivity contribution is 6.07. The molecule has 3 heterocycles. The Balaban J connectivity index is 1.35. The van der Waals surface area contributed by atoms with Gasteiger partial charge in [-0.3, -0.25) is 9.69 Å². The molecule has 1 aromatic heterocycles. The number of pyridine rings is 1. The van der Waals surface area contributed by atoms with Crippen LogP contribution in [-0.2, 0) is 11.2 Å². The van der Waals surface area contributed by atoms with Gasteiger partial charge in [0, 0.05) is 44.1 Å². The number of hydrogen-bond acceptors (Lipinski definition) is 5. The van der Waals surface area contributed by atoms with E-state index in [9.17, 15) is 4.79 Å². The first kappa shape index (κ1) is 19.9. The van der Waals surface area contributed by atoms with Crippen molar-refractivity contribution in [3.63, 3.8) is 0 Å². The van der Waals surface area contributed by atoms with Crippen LogP contribution in [0.4, 0.5) is 5.69 Å². The summed E-state index contributed by atoms with van der Waals surface area (Å²) in [5, 5.41) is 0.